The summed E-state index contributed by atoms with van der Waals surface area (Å²) in [6.07, 6.45) is 1.97. The van der Waals surface area contributed by atoms with Crippen LogP contribution in [0.4, 0.5) is 0 Å². The van der Waals surface area contributed by atoms with E-state index in [1.165, 1.54) is 0 Å². The van der Waals surface area contributed by atoms with Crippen LogP contribution in [0.25, 0.3) is 0 Å². The first kappa shape index (κ1) is 13.5. The molecule has 1 aromatic heterocycles. The second-order valence-electron chi connectivity index (χ2n) is 5.24. The van der Waals surface area contributed by atoms with E-state index >= 15 is 0 Å². The summed E-state index contributed by atoms with van der Waals surface area (Å²) in [5, 5.41) is 6.04. The van der Waals surface area contributed by atoms with Crippen LogP contribution in [0.2, 0.25) is 0 Å². The molecule has 7 heteroatoms. The number of aromatic nitrogens is 2. The molecule has 2 rings (SSSR count). The van der Waals surface area contributed by atoms with Gasteiger partial charge in [-0.05, 0) is 31.3 Å². The highest BCUT2D eigenvalue weighted by Gasteiger charge is 2.27. The Labute approximate surface area is 109 Å². The van der Waals surface area contributed by atoms with E-state index in [-0.39, 0.29) is 11.1 Å². The molecule has 1 aliphatic heterocycles. The van der Waals surface area contributed by atoms with E-state index in [0.717, 1.165) is 32.0 Å². The van der Waals surface area contributed by atoms with Crippen LogP contribution >= 0.6 is 0 Å². The summed E-state index contributed by atoms with van der Waals surface area (Å²) in [6.45, 7) is 4.53. The van der Waals surface area contributed by atoms with Crippen molar-refractivity contribution in [2.75, 3.05) is 19.6 Å². The molecule has 0 unspecified atom stereocenters. The fourth-order valence-corrected chi connectivity index (χ4v) is 2.19. The van der Waals surface area contributed by atoms with Crippen molar-refractivity contribution in [2.45, 2.75) is 19.8 Å². The lowest BCUT2D eigenvalue weighted by molar-refractivity contribution is 0.0916. The molecule has 19 heavy (non-hydrogen) atoms. The van der Waals surface area contributed by atoms with E-state index in [0.29, 0.717) is 6.54 Å². The average molecular weight is 266 g/mol. The summed E-state index contributed by atoms with van der Waals surface area (Å²) in [7, 11) is 0. The number of rotatable bonds is 3. The Morgan fingerprint density at radius 1 is 1.32 bits per heavy atom. The fourth-order valence-electron chi connectivity index (χ4n) is 2.19. The molecule has 0 bridgehead atoms. The van der Waals surface area contributed by atoms with Crippen molar-refractivity contribution in [3.63, 3.8) is 0 Å². The van der Waals surface area contributed by atoms with E-state index in [2.05, 4.69) is 22.5 Å². The number of hydrogen-bond acceptors (Lipinski definition) is 4. The van der Waals surface area contributed by atoms with Crippen LogP contribution in [0.3, 0.4) is 0 Å². The van der Waals surface area contributed by atoms with Gasteiger partial charge in [-0.1, -0.05) is 6.92 Å². The van der Waals surface area contributed by atoms with Gasteiger partial charge in [0.1, 0.15) is 5.69 Å². The number of carbonyl (C=O) groups excluding carboxylic acids is 1. The molecule has 104 valence electrons. The van der Waals surface area contributed by atoms with Crippen molar-refractivity contribution in [3.8, 4) is 0 Å². The highest BCUT2D eigenvalue weighted by molar-refractivity contribution is 5.92. The molecule has 1 amide bonds. The number of aromatic amines is 2. The highest BCUT2D eigenvalue weighted by atomic mass is 16.2. The molecule has 0 aliphatic carbocycles. The third-order valence-electron chi connectivity index (χ3n) is 3.49. The van der Waals surface area contributed by atoms with E-state index in [9.17, 15) is 14.4 Å². The molecular weight excluding hydrogens is 248 g/mol. The molecule has 0 spiro atoms. The number of carbonyl (C=O) groups is 1. The number of amides is 1. The summed E-state index contributed by atoms with van der Waals surface area (Å²) >= 11 is 0. The summed E-state index contributed by atoms with van der Waals surface area (Å²) in [4.78, 5) is 38.4. The average Bonchev–Trinajstić information content (AvgIpc) is 2.36. The predicted octanol–water partition coefficient (Wildman–Crippen LogP) is -0.817. The zero-order valence-electron chi connectivity index (χ0n) is 10.8. The Hall–Kier alpha value is -1.89. The number of hydrogen-bond donors (Lipinski definition) is 4. The SMILES string of the molecule is CC1(CNC(=O)c2cc(=O)[nH]c(=O)[nH]2)CCNCC1. The van der Waals surface area contributed by atoms with Gasteiger partial charge in [-0.25, -0.2) is 4.79 Å². The van der Waals surface area contributed by atoms with Crippen LogP contribution in [0.1, 0.15) is 30.3 Å². The second-order valence-corrected chi connectivity index (χ2v) is 5.24. The van der Waals surface area contributed by atoms with Crippen LogP contribution in [-0.4, -0.2) is 35.5 Å². The largest absolute Gasteiger partial charge is 0.350 e. The van der Waals surface area contributed by atoms with Crippen LogP contribution in [0.15, 0.2) is 15.7 Å². The van der Waals surface area contributed by atoms with Gasteiger partial charge in [0.15, 0.2) is 0 Å². The fraction of sp³-hybridized carbons (Fsp3) is 0.583. The lowest BCUT2D eigenvalue weighted by Gasteiger charge is -2.34. The summed E-state index contributed by atoms with van der Waals surface area (Å²) in [5.74, 6) is -0.428. The predicted molar refractivity (Wildman–Crippen MR) is 70.2 cm³/mol. The van der Waals surface area contributed by atoms with Gasteiger partial charge in [0.05, 0.1) is 0 Å². The van der Waals surface area contributed by atoms with Crippen LogP contribution in [0.5, 0.6) is 0 Å². The van der Waals surface area contributed by atoms with Crippen LogP contribution < -0.4 is 21.9 Å². The molecule has 0 radical (unpaired) electrons. The van der Waals surface area contributed by atoms with Gasteiger partial charge in [0, 0.05) is 12.6 Å². The monoisotopic (exact) mass is 266 g/mol. The first-order chi connectivity index (χ1) is 8.98. The molecule has 0 atom stereocenters. The highest BCUT2D eigenvalue weighted by Crippen LogP contribution is 2.26. The van der Waals surface area contributed by atoms with Gasteiger partial charge in [0.2, 0.25) is 0 Å². The third kappa shape index (κ3) is 3.54. The van der Waals surface area contributed by atoms with E-state index in [1.807, 2.05) is 4.98 Å². The molecular formula is C12H18N4O3. The molecule has 1 aromatic rings. The zero-order chi connectivity index (χ0) is 13.9. The molecule has 1 fully saturated rings. The molecule has 0 saturated carbocycles. The van der Waals surface area contributed by atoms with Gasteiger partial charge < -0.3 is 15.6 Å². The number of nitrogens with one attached hydrogen (secondary N) is 4. The second kappa shape index (κ2) is 5.40. The van der Waals surface area contributed by atoms with E-state index < -0.39 is 17.2 Å². The third-order valence-corrected chi connectivity index (χ3v) is 3.49. The Bertz CT molecular complexity index is 541. The first-order valence-corrected chi connectivity index (χ1v) is 6.31. The van der Waals surface area contributed by atoms with Crippen LogP contribution in [0, 0.1) is 5.41 Å². The quantitative estimate of drug-likeness (QED) is 0.573. The first-order valence-electron chi connectivity index (χ1n) is 6.31. The smallest absolute Gasteiger partial charge is 0.326 e. The number of H-pyrrole nitrogens is 2. The van der Waals surface area contributed by atoms with E-state index in [4.69, 9.17) is 0 Å². The Balaban J connectivity index is 2.01. The van der Waals surface area contributed by atoms with Crippen molar-refractivity contribution >= 4 is 5.91 Å². The Morgan fingerprint density at radius 2 is 2.00 bits per heavy atom. The Kier molecular flexibility index (Phi) is 3.84. The van der Waals surface area contributed by atoms with E-state index in [1.54, 1.807) is 0 Å². The Morgan fingerprint density at radius 3 is 2.63 bits per heavy atom. The standard InChI is InChI=1S/C12H18N4O3/c1-12(2-4-13-5-3-12)7-14-10(18)8-6-9(17)16-11(19)15-8/h6,13H,2-5,7H2,1H3,(H,14,18)(H2,15,16,17,19). The lowest BCUT2D eigenvalue weighted by Crippen LogP contribution is -2.43. The van der Waals surface area contributed by atoms with Crippen molar-refractivity contribution in [1.29, 1.82) is 0 Å². The molecule has 0 aromatic carbocycles. The summed E-state index contributed by atoms with van der Waals surface area (Å²) < 4.78 is 0. The molecule has 1 saturated heterocycles. The topological polar surface area (TPSA) is 107 Å². The van der Waals surface area contributed by atoms with Crippen molar-refractivity contribution < 1.29 is 4.79 Å². The molecule has 7 nitrogen and oxygen atoms in total. The van der Waals surface area contributed by atoms with Crippen molar-refractivity contribution in [3.05, 3.63) is 32.6 Å². The lowest BCUT2D eigenvalue weighted by atomic mass is 9.81. The van der Waals surface area contributed by atoms with Gasteiger partial charge in [-0.2, -0.15) is 0 Å². The van der Waals surface area contributed by atoms with Crippen LogP contribution in [-0.2, 0) is 0 Å². The minimum Gasteiger partial charge on any atom is -0.350 e. The maximum atomic E-state index is 11.9. The minimum absolute atomic E-state index is 0.00807. The van der Waals surface area contributed by atoms with Gasteiger partial charge in [-0.15, -0.1) is 0 Å². The van der Waals surface area contributed by atoms with Crippen molar-refractivity contribution in [2.24, 2.45) is 5.41 Å². The summed E-state index contributed by atoms with van der Waals surface area (Å²) in [6, 6.07) is 1.08. The van der Waals surface area contributed by atoms with Gasteiger partial charge in [-0.3, -0.25) is 14.6 Å². The molecule has 2 heterocycles. The molecule has 4 N–H and O–H groups in total. The zero-order valence-corrected chi connectivity index (χ0v) is 10.8. The maximum absolute atomic E-state index is 11.9. The minimum atomic E-state index is -0.675. The van der Waals surface area contributed by atoms with Gasteiger partial charge in [0.25, 0.3) is 11.5 Å². The number of piperidine rings is 1. The maximum Gasteiger partial charge on any atom is 0.326 e. The van der Waals surface area contributed by atoms with Gasteiger partial charge >= 0.3 is 5.69 Å². The summed E-state index contributed by atoms with van der Waals surface area (Å²) in [5.41, 5.74) is -1.21. The van der Waals surface area contributed by atoms with Crippen molar-refractivity contribution in [1.82, 2.24) is 20.6 Å². The molecule has 1 aliphatic rings. The normalized spacial score (nSPS) is 17.9.